The number of H-pyrrole nitrogens is 1. The smallest absolute Gasteiger partial charge is 0.257 e. The standard InChI is InChI=1S/C14H14N2O4S/c1-2-21(19,20)12-6-4-11(5-7-12)16-14(18)10-3-8-13(17)15-9-10/h3-9H,2H2,1H3,(H,15,17)(H,16,18). The molecule has 0 atom stereocenters. The minimum Gasteiger partial charge on any atom is -0.328 e. The molecule has 0 radical (unpaired) electrons. The number of hydrogen-bond donors (Lipinski definition) is 2. The predicted molar refractivity (Wildman–Crippen MR) is 79.2 cm³/mol. The Labute approximate surface area is 121 Å². The summed E-state index contributed by atoms with van der Waals surface area (Å²) in [6, 6.07) is 8.59. The maximum absolute atomic E-state index is 11.9. The zero-order valence-electron chi connectivity index (χ0n) is 11.3. The van der Waals surface area contributed by atoms with Crippen LogP contribution >= 0.6 is 0 Å². The minimum absolute atomic E-state index is 0.0239. The Hall–Kier alpha value is -2.41. The van der Waals surface area contributed by atoms with Crippen LogP contribution in [0, 0.1) is 0 Å². The quantitative estimate of drug-likeness (QED) is 0.893. The van der Waals surface area contributed by atoms with Crippen LogP contribution in [-0.2, 0) is 9.84 Å². The molecular formula is C14H14N2O4S. The summed E-state index contributed by atoms with van der Waals surface area (Å²) in [5.41, 5.74) is 0.488. The molecule has 2 N–H and O–H groups in total. The van der Waals surface area contributed by atoms with Crippen LogP contribution in [0.2, 0.25) is 0 Å². The summed E-state index contributed by atoms with van der Waals surface area (Å²) < 4.78 is 23.3. The number of amides is 1. The molecular weight excluding hydrogens is 292 g/mol. The first-order chi connectivity index (χ1) is 9.92. The molecule has 6 nitrogen and oxygen atoms in total. The van der Waals surface area contributed by atoms with Crippen LogP contribution in [0.4, 0.5) is 5.69 Å². The largest absolute Gasteiger partial charge is 0.328 e. The maximum Gasteiger partial charge on any atom is 0.257 e. The van der Waals surface area contributed by atoms with Gasteiger partial charge in [-0.05, 0) is 30.3 Å². The summed E-state index contributed by atoms with van der Waals surface area (Å²) >= 11 is 0. The first-order valence-corrected chi connectivity index (χ1v) is 7.90. The lowest BCUT2D eigenvalue weighted by atomic mass is 10.2. The highest BCUT2D eigenvalue weighted by molar-refractivity contribution is 7.91. The number of hydrogen-bond acceptors (Lipinski definition) is 4. The molecule has 1 aromatic carbocycles. The van der Waals surface area contributed by atoms with Crippen LogP contribution in [0.25, 0.3) is 0 Å². The molecule has 21 heavy (non-hydrogen) atoms. The number of aromatic amines is 1. The summed E-state index contributed by atoms with van der Waals surface area (Å²) in [5, 5.41) is 2.62. The van der Waals surface area contributed by atoms with Gasteiger partial charge < -0.3 is 10.3 Å². The molecule has 7 heteroatoms. The monoisotopic (exact) mass is 306 g/mol. The molecule has 2 rings (SSSR count). The van der Waals surface area contributed by atoms with Gasteiger partial charge in [-0.3, -0.25) is 9.59 Å². The number of sulfone groups is 1. The number of rotatable bonds is 4. The van der Waals surface area contributed by atoms with Crippen LogP contribution in [0.1, 0.15) is 17.3 Å². The van der Waals surface area contributed by atoms with E-state index < -0.39 is 15.7 Å². The second kappa shape index (κ2) is 5.92. The fraction of sp³-hybridized carbons (Fsp3) is 0.143. The molecule has 0 saturated carbocycles. The molecule has 1 amide bonds. The van der Waals surface area contributed by atoms with Crippen LogP contribution in [0.15, 0.2) is 52.3 Å². The van der Waals surface area contributed by atoms with Crippen molar-refractivity contribution >= 4 is 21.4 Å². The Morgan fingerprint density at radius 2 is 1.81 bits per heavy atom. The van der Waals surface area contributed by atoms with Gasteiger partial charge in [0.15, 0.2) is 9.84 Å². The molecule has 0 bridgehead atoms. The normalized spacial score (nSPS) is 11.1. The van der Waals surface area contributed by atoms with Gasteiger partial charge in [0, 0.05) is 18.0 Å². The second-order valence-corrected chi connectivity index (χ2v) is 6.60. The van der Waals surface area contributed by atoms with Gasteiger partial charge in [0.05, 0.1) is 16.2 Å². The predicted octanol–water partition coefficient (Wildman–Crippen LogP) is 1.42. The molecule has 0 fully saturated rings. The third-order valence-electron chi connectivity index (χ3n) is 2.90. The second-order valence-electron chi connectivity index (χ2n) is 4.32. The summed E-state index contributed by atoms with van der Waals surface area (Å²) in [6.07, 6.45) is 1.31. The van der Waals surface area contributed by atoms with E-state index in [4.69, 9.17) is 0 Å². The van der Waals surface area contributed by atoms with Crippen molar-refractivity contribution in [1.29, 1.82) is 0 Å². The fourth-order valence-corrected chi connectivity index (χ4v) is 2.55. The van der Waals surface area contributed by atoms with Gasteiger partial charge in [-0.2, -0.15) is 0 Å². The molecule has 0 aliphatic heterocycles. The van der Waals surface area contributed by atoms with Gasteiger partial charge >= 0.3 is 0 Å². The van der Waals surface area contributed by atoms with Gasteiger partial charge in [0.2, 0.25) is 5.56 Å². The number of aromatic nitrogens is 1. The highest BCUT2D eigenvalue weighted by Gasteiger charge is 2.11. The van der Waals surface area contributed by atoms with Crippen molar-refractivity contribution in [3.8, 4) is 0 Å². The molecule has 2 aromatic rings. The van der Waals surface area contributed by atoms with E-state index >= 15 is 0 Å². The third kappa shape index (κ3) is 3.57. The lowest BCUT2D eigenvalue weighted by Crippen LogP contribution is -2.14. The molecule has 0 aliphatic carbocycles. The summed E-state index contributed by atoms with van der Waals surface area (Å²) in [7, 11) is -3.25. The van der Waals surface area contributed by atoms with Gasteiger partial charge in [0.25, 0.3) is 5.91 Å². The summed E-state index contributed by atoms with van der Waals surface area (Å²) in [6.45, 7) is 1.57. The van der Waals surface area contributed by atoms with Crippen molar-refractivity contribution in [2.45, 2.75) is 11.8 Å². The van der Waals surface area contributed by atoms with Crippen molar-refractivity contribution in [2.24, 2.45) is 0 Å². The van der Waals surface area contributed by atoms with E-state index in [1.807, 2.05) is 0 Å². The molecule has 1 heterocycles. The number of nitrogens with one attached hydrogen (secondary N) is 2. The Balaban J connectivity index is 2.15. The number of carbonyl (C=O) groups is 1. The van der Waals surface area contributed by atoms with E-state index in [2.05, 4.69) is 10.3 Å². The van der Waals surface area contributed by atoms with E-state index in [0.717, 1.165) is 0 Å². The van der Waals surface area contributed by atoms with E-state index in [-0.39, 0.29) is 16.2 Å². The summed E-state index contributed by atoms with van der Waals surface area (Å²) in [4.78, 5) is 25.5. The van der Waals surface area contributed by atoms with Crippen LogP contribution < -0.4 is 10.9 Å². The Morgan fingerprint density at radius 1 is 1.14 bits per heavy atom. The zero-order valence-corrected chi connectivity index (χ0v) is 12.1. The topological polar surface area (TPSA) is 96.1 Å². The lowest BCUT2D eigenvalue weighted by Gasteiger charge is -2.06. The number of carbonyl (C=O) groups excluding carboxylic acids is 1. The van der Waals surface area contributed by atoms with Gasteiger partial charge in [-0.25, -0.2) is 8.42 Å². The van der Waals surface area contributed by atoms with Crippen LogP contribution in [0.3, 0.4) is 0 Å². The Kier molecular flexibility index (Phi) is 4.23. The highest BCUT2D eigenvalue weighted by Crippen LogP contribution is 2.15. The maximum atomic E-state index is 11.9. The van der Waals surface area contributed by atoms with Crippen molar-refractivity contribution in [3.63, 3.8) is 0 Å². The van der Waals surface area contributed by atoms with Crippen LogP contribution in [-0.4, -0.2) is 25.1 Å². The fourth-order valence-electron chi connectivity index (χ4n) is 1.67. The molecule has 0 aliphatic rings. The van der Waals surface area contributed by atoms with Crippen LogP contribution in [0.5, 0.6) is 0 Å². The first-order valence-electron chi connectivity index (χ1n) is 6.25. The molecule has 0 spiro atoms. The molecule has 0 saturated heterocycles. The van der Waals surface area contributed by atoms with E-state index in [9.17, 15) is 18.0 Å². The Bertz CT molecular complexity index is 787. The number of pyridine rings is 1. The van der Waals surface area contributed by atoms with E-state index in [1.54, 1.807) is 6.92 Å². The third-order valence-corrected chi connectivity index (χ3v) is 4.65. The van der Waals surface area contributed by atoms with E-state index in [0.29, 0.717) is 11.3 Å². The minimum atomic E-state index is -3.25. The molecule has 1 aromatic heterocycles. The van der Waals surface area contributed by atoms with Crippen molar-refractivity contribution in [1.82, 2.24) is 4.98 Å². The summed E-state index contributed by atoms with van der Waals surface area (Å²) in [5.74, 6) is -0.367. The zero-order chi connectivity index (χ0) is 15.5. The van der Waals surface area contributed by atoms with E-state index in [1.165, 1.54) is 42.6 Å². The molecule has 110 valence electrons. The van der Waals surface area contributed by atoms with Gasteiger partial charge in [-0.15, -0.1) is 0 Å². The van der Waals surface area contributed by atoms with Gasteiger partial charge in [-0.1, -0.05) is 6.92 Å². The average Bonchev–Trinajstić information content (AvgIpc) is 2.48. The molecule has 0 unspecified atom stereocenters. The van der Waals surface area contributed by atoms with Crippen molar-refractivity contribution < 1.29 is 13.2 Å². The SMILES string of the molecule is CCS(=O)(=O)c1ccc(NC(=O)c2ccc(=O)[nH]c2)cc1. The van der Waals surface area contributed by atoms with Crippen molar-refractivity contribution in [2.75, 3.05) is 11.1 Å². The average molecular weight is 306 g/mol. The van der Waals surface area contributed by atoms with Gasteiger partial charge in [0.1, 0.15) is 0 Å². The highest BCUT2D eigenvalue weighted by atomic mass is 32.2. The first kappa shape index (κ1) is 15.0. The Morgan fingerprint density at radius 3 is 2.33 bits per heavy atom. The van der Waals surface area contributed by atoms with Crippen molar-refractivity contribution in [3.05, 3.63) is 58.5 Å². The number of benzene rings is 1. The lowest BCUT2D eigenvalue weighted by molar-refractivity contribution is 0.102. The number of anilines is 1.